The highest BCUT2D eigenvalue weighted by Crippen LogP contribution is 2.19. The van der Waals surface area contributed by atoms with Crippen LogP contribution >= 0.6 is 0 Å². The summed E-state index contributed by atoms with van der Waals surface area (Å²) in [6.45, 7) is 4.15. The lowest BCUT2D eigenvalue weighted by molar-refractivity contribution is 0.102. The van der Waals surface area contributed by atoms with Crippen molar-refractivity contribution in [3.8, 4) is 11.5 Å². The molecule has 0 unspecified atom stereocenters. The summed E-state index contributed by atoms with van der Waals surface area (Å²) >= 11 is 0. The quantitative estimate of drug-likeness (QED) is 0.498. The predicted octanol–water partition coefficient (Wildman–Crippen LogP) is 4.93. The van der Waals surface area contributed by atoms with E-state index in [4.69, 9.17) is 14.2 Å². The van der Waals surface area contributed by atoms with E-state index in [-0.39, 0.29) is 5.91 Å². The Labute approximate surface area is 171 Å². The molecule has 0 aromatic heterocycles. The molecule has 1 amide bonds. The van der Waals surface area contributed by atoms with Crippen LogP contribution in [0.4, 0.5) is 5.69 Å². The van der Waals surface area contributed by atoms with Crippen molar-refractivity contribution in [3.63, 3.8) is 0 Å². The molecule has 5 heteroatoms. The number of carbonyl (C=O) groups is 1. The van der Waals surface area contributed by atoms with E-state index >= 15 is 0 Å². The van der Waals surface area contributed by atoms with Gasteiger partial charge >= 0.3 is 0 Å². The van der Waals surface area contributed by atoms with Gasteiger partial charge in [-0.25, -0.2) is 0 Å². The molecule has 0 heterocycles. The number of nitrogens with one attached hydrogen (secondary N) is 1. The van der Waals surface area contributed by atoms with E-state index in [1.54, 1.807) is 24.3 Å². The Morgan fingerprint density at radius 1 is 0.793 bits per heavy atom. The fourth-order valence-electron chi connectivity index (χ4n) is 2.64. The van der Waals surface area contributed by atoms with Crippen molar-refractivity contribution in [2.45, 2.75) is 13.5 Å². The average molecular weight is 391 g/mol. The van der Waals surface area contributed by atoms with Crippen LogP contribution in [0.3, 0.4) is 0 Å². The Morgan fingerprint density at radius 2 is 1.45 bits per heavy atom. The minimum atomic E-state index is -0.177. The zero-order valence-corrected chi connectivity index (χ0v) is 16.5. The van der Waals surface area contributed by atoms with Crippen molar-refractivity contribution < 1.29 is 19.0 Å². The molecule has 1 N–H and O–H groups in total. The Kier molecular flexibility index (Phi) is 7.66. The van der Waals surface area contributed by atoms with E-state index in [9.17, 15) is 4.79 Å². The molecule has 29 heavy (non-hydrogen) atoms. The Hall–Kier alpha value is -3.31. The summed E-state index contributed by atoms with van der Waals surface area (Å²) in [5.41, 5.74) is 2.38. The number of hydrogen-bond acceptors (Lipinski definition) is 4. The number of amides is 1. The van der Waals surface area contributed by atoms with Crippen LogP contribution < -0.4 is 14.8 Å². The van der Waals surface area contributed by atoms with Crippen LogP contribution in [-0.4, -0.2) is 25.7 Å². The van der Waals surface area contributed by atoms with Gasteiger partial charge in [0.2, 0.25) is 0 Å². The molecule has 3 aromatic rings. The molecule has 5 nitrogen and oxygen atoms in total. The first-order valence-electron chi connectivity index (χ1n) is 9.63. The van der Waals surface area contributed by atoms with Gasteiger partial charge in [0.05, 0.1) is 6.61 Å². The lowest BCUT2D eigenvalue weighted by Gasteiger charge is -2.09. The highest BCUT2D eigenvalue weighted by molar-refractivity contribution is 6.04. The van der Waals surface area contributed by atoms with E-state index in [1.165, 1.54) is 0 Å². The van der Waals surface area contributed by atoms with E-state index in [0.29, 0.717) is 43.4 Å². The molecule has 0 aliphatic heterocycles. The molecule has 150 valence electrons. The van der Waals surface area contributed by atoms with Crippen molar-refractivity contribution in [1.82, 2.24) is 0 Å². The van der Waals surface area contributed by atoms with Gasteiger partial charge in [-0.1, -0.05) is 30.3 Å². The molecule has 0 aliphatic carbocycles. The summed E-state index contributed by atoms with van der Waals surface area (Å²) in [7, 11) is 0. The van der Waals surface area contributed by atoms with Crippen LogP contribution in [0.2, 0.25) is 0 Å². The number of ether oxygens (including phenoxy) is 3. The Balaban J connectivity index is 1.48. The number of benzene rings is 3. The number of anilines is 1. The van der Waals surface area contributed by atoms with Gasteiger partial charge in [0.1, 0.15) is 24.7 Å². The Morgan fingerprint density at radius 3 is 2.14 bits per heavy atom. The third-order valence-electron chi connectivity index (χ3n) is 4.18. The van der Waals surface area contributed by atoms with Crippen molar-refractivity contribution in [2.75, 3.05) is 25.1 Å². The molecule has 3 rings (SSSR count). The van der Waals surface area contributed by atoms with Crippen LogP contribution in [0.15, 0.2) is 78.9 Å². The van der Waals surface area contributed by atoms with E-state index in [1.807, 2.05) is 61.5 Å². The molecule has 3 aromatic carbocycles. The highest BCUT2D eigenvalue weighted by Gasteiger charge is 2.07. The summed E-state index contributed by atoms with van der Waals surface area (Å²) in [5.74, 6) is 1.28. The van der Waals surface area contributed by atoms with Crippen LogP contribution in [0.5, 0.6) is 11.5 Å². The summed E-state index contributed by atoms with van der Waals surface area (Å²) in [6.07, 6.45) is 0. The maximum absolute atomic E-state index is 12.4. The van der Waals surface area contributed by atoms with Gasteiger partial charge in [0, 0.05) is 17.9 Å². The van der Waals surface area contributed by atoms with Gasteiger partial charge in [-0.2, -0.15) is 0 Å². The summed E-state index contributed by atoms with van der Waals surface area (Å²) in [4.78, 5) is 12.4. The molecule has 0 aliphatic rings. The third kappa shape index (κ3) is 6.66. The highest BCUT2D eigenvalue weighted by atomic mass is 16.5. The first kappa shape index (κ1) is 20.4. The topological polar surface area (TPSA) is 56.8 Å². The molecule has 0 atom stereocenters. The normalized spacial score (nSPS) is 10.4. The van der Waals surface area contributed by atoms with Crippen LogP contribution in [0.25, 0.3) is 0 Å². The fraction of sp³-hybridized carbons (Fsp3) is 0.208. The lowest BCUT2D eigenvalue weighted by Crippen LogP contribution is -2.12. The van der Waals surface area contributed by atoms with Crippen molar-refractivity contribution in [1.29, 1.82) is 0 Å². The van der Waals surface area contributed by atoms with Crippen LogP contribution in [0.1, 0.15) is 22.8 Å². The SMILES string of the molecule is CCOCCOc1ccc(C(=O)Nc2ccc(OCc3ccccc3)cc2)cc1. The summed E-state index contributed by atoms with van der Waals surface area (Å²) < 4.78 is 16.6. The van der Waals surface area contributed by atoms with Gasteiger partial charge in [-0.3, -0.25) is 4.79 Å². The van der Waals surface area contributed by atoms with Gasteiger partial charge in [-0.15, -0.1) is 0 Å². The number of hydrogen-bond donors (Lipinski definition) is 1. The van der Waals surface area contributed by atoms with E-state index in [0.717, 1.165) is 11.3 Å². The minimum absolute atomic E-state index is 0.177. The molecule has 0 bridgehead atoms. The maximum atomic E-state index is 12.4. The first-order chi connectivity index (χ1) is 14.2. The predicted molar refractivity (Wildman–Crippen MR) is 114 cm³/mol. The first-order valence-corrected chi connectivity index (χ1v) is 9.63. The molecular weight excluding hydrogens is 366 g/mol. The van der Waals surface area contributed by atoms with Gasteiger partial charge in [0.15, 0.2) is 0 Å². The second-order valence-electron chi connectivity index (χ2n) is 6.32. The monoisotopic (exact) mass is 391 g/mol. The number of rotatable bonds is 10. The molecule has 0 saturated carbocycles. The number of carbonyl (C=O) groups excluding carboxylic acids is 1. The standard InChI is InChI=1S/C24H25NO4/c1-2-27-16-17-28-22-12-8-20(9-13-22)24(26)25-21-10-14-23(15-11-21)29-18-19-6-4-3-5-7-19/h3-15H,2,16-18H2,1H3,(H,25,26). The largest absolute Gasteiger partial charge is 0.491 e. The maximum Gasteiger partial charge on any atom is 0.255 e. The fourth-order valence-corrected chi connectivity index (χ4v) is 2.64. The molecule has 0 spiro atoms. The molecule has 0 saturated heterocycles. The second kappa shape index (κ2) is 10.9. The van der Waals surface area contributed by atoms with Crippen molar-refractivity contribution >= 4 is 11.6 Å². The minimum Gasteiger partial charge on any atom is -0.491 e. The second-order valence-corrected chi connectivity index (χ2v) is 6.32. The van der Waals surface area contributed by atoms with Gasteiger partial charge < -0.3 is 19.5 Å². The van der Waals surface area contributed by atoms with E-state index < -0.39 is 0 Å². The Bertz CT molecular complexity index is 877. The molecular formula is C24H25NO4. The third-order valence-corrected chi connectivity index (χ3v) is 4.18. The van der Waals surface area contributed by atoms with Crippen LogP contribution in [-0.2, 0) is 11.3 Å². The van der Waals surface area contributed by atoms with Crippen molar-refractivity contribution in [3.05, 3.63) is 90.0 Å². The van der Waals surface area contributed by atoms with Gasteiger partial charge in [0.25, 0.3) is 5.91 Å². The lowest BCUT2D eigenvalue weighted by atomic mass is 10.2. The zero-order chi connectivity index (χ0) is 20.3. The smallest absolute Gasteiger partial charge is 0.255 e. The average Bonchev–Trinajstić information content (AvgIpc) is 2.77. The van der Waals surface area contributed by atoms with Gasteiger partial charge in [-0.05, 0) is 61.0 Å². The molecule has 0 radical (unpaired) electrons. The zero-order valence-electron chi connectivity index (χ0n) is 16.5. The van der Waals surface area contributed by atoms with E-state index in [2.05, 4.69) is 5.32 Å². The van der Waals surface area contributed by atoms with Crippen molar-refractivity contribution in [2.24, 2.45) is 0 Å². The molecule has 0 fully saturated rings. The van der Waals surface area contributed by atoms with Crippen LogP contribution in [0, 0.1) is 0 Å². The summed E-state index contributed by atoms with van der Waals surface area (Å²) in [6, 6.07) is 24.3. The summed E-state index contributed by atoms with van der Waals surface area (Å²) in [5, 5.41) is 2.88.